The van der Waals surface area contributed by atoms with Gasteiger partial charge < -0.3 is 4.74 Å². The first-order chi connectivity index (χ1) is 16.1. The molecule has 34 heavy (non-hydrogen) atoms. The van der Waals surface area contributed by atoms with E-state index in [0.29, 0.717) is 19.4 Å². The molecule has 1 fully saturated rings. The number of benzene rings is 1. The fraction of sp³-hybridized carbons (Fsp3) is 0.440. The third-order valence-corrected chi connectivity index (χ3v) is 12.7. The number of rotatable bonds is 8. The average Bonchev–Trinajstić information content (AvgIpc) is 3.47. The molecule has 1 saturated heterocycles. The van der Waals surface area contributed by atoms with E-state index in [1.165, 1.54) is 11.3 Å². The van der Waals surface area contributed by atoms with E-state index in [9.17, 15) is 13.2 Å². The Kier molecular flexibility index (Phi) is 7.47. The largest absolute Gasteiger partial charge is 0.466 e. The van der Waals surface area contributed by atoms with Gasteiger partial charge in [-0.15, -0.1) is 22.7 Å². The van der Waals surface area contributed by atoms with Crippen LogP contribution in [-0.4, -0.2) is 39.8 Å². The van der Waals surface area contributed by atoms with E-state index in [-0.39, 0.29) is 12.2 Å². The number of carbonyl (C=O) groups excluding carboxylic acids is 1. The van der Waals surface area contributed by atoms with Gasteiger partial charge in [-0.3, -0.25) is 4.79 Å². The fourth-order valence-corrected chi connectivity index (χ4v) is 9.32. The summed E-state index contributed by atoms with van der Waals surface area (Å²) in [6.07, 6.45) is 1.78. The van der Waals surface area contributed by atoms with Gasteiger partial charge in [-0.1, -0.05) is 50.3 Å². The minimum atomic E-state index is -3.48. The van der Waals surface area contributed by atoms with Gasteiger partial charge in [-0.2, -0.15) is 0 Å². The van der Waals surface area contributed by atoms with Gasteiger partial charge in [0.25, 0.3) is 0 Å². The number of sulfone groups is 1. The van der Waals surface area contributed by atoms with Crippen LogP contribution in [0.3, 0.4) is 0 Å². The Labute approximate surface area is 211 Å². The summed E-state index contributed by atoms with van der Waals surface area (Å²) in [5.41, 5.74) is 4.84. The number of ether oxygens (including phenoxy) is 1. The van der Waals surface area contributed by atoms with Crippen molar-refractivity contribution in [2.75, 3.05) is 12.4 Å². The Morgan fingerprint density at radius 3 is 2.47 bits per heavy atom. The van der Waals surface area contributed by atoms with Crippen molar-refractivity contribution < 1.29 is 17.9 Å². The quantitative estimate of drug-likeness (QED) is 0.241. The molecule has 0 amide bonds. The molecule has 1 atom stereocenters. The summed E-state index contributed by atoms with van der Waals surface area (Å²) < 4.78 is 31.1. The number of thiazole rings is 1. The molecule has 3 aromatic rings. The third kappa shape index (κ3) is 5.53. The predicted molar refractivity (Wildman–Crippen MR) is 144 cm³/mol. The van der Waals surface area contributed by atoms with E-state index < -0.39 is 28.6 Å². The lowest BCUT2D eigenvalue weighted by Crippen LogP contribution is -2.42. The van der Waals surface area contributed by atoms with Gasteiger partial charge in [0.05, 0.1) is 30.0 Å². The highest BCUT2D eigenvalue weighted by atomic mass is 32.2. The van der Waals surface area contributed by atoms with Crippen LogP contribution < -0.4 is 0 Å². The van der Waals surface area contributed by atoms with Crippen LogP contribution in [0.5, 0.6) is 0 Å². The van der Waals surface area contributed by atoms with E-state index >= 15 is 0 Å². The molecular formula is C25H31NO4S3Si. The maximum Gasteiger partial charge on any atom is 0.307 e. The van der Waals surface area contributed by atoms with Crippen LogP contribution in [0.15, 0.2) is 47.3 Å². The molecule has 5 nitrogen and oxygen atoms in total. The van der Waals surface area contributed by atoms with Crippen LogP contribution in [0.25, 0.3) is 21.7 Å². The normalized spacial score (nSPS) is 20.2. The van der Waals surface area contributed by atoms with Crippen molar-refractivity contribution in [2.45, 2.75) is 56.1 Å². The summed E-state index contributed by atoms with van der Waals surface area (Å²) in [6, 6.07) is 12.9. The summed E-state index contributed by atoms with van der Waals surface area (Å²) in [5.74, 6) is -0.295. The van der Waals surface area contributed by atoms with Crippen LogP contribution in [0, 0.1) is 0 Å². The second kappa shape index (κ2) is 10.0. The van der Waals surface area contributed by atoms with Crippen LogP contribution in [0.2, 0.25) is 25.7 Å². The lowest BCUT2D eigenvalue weighted by molar-refractivity contribution is -0.144. The molecule has 182 valence electrons. The lowest BCUT2D eigenvalue weighted by atomic mass is 9.95. The Hall–Kier alpha value is -1.81. The van der Waals surface area contributed by atoms with Gasteiger partial charge in [-0.05, 0) is 36.6 Å². The number of aromatic nitrogens is 1. The second-order valence-electron chi connectivity index (χ2n) is 10.1. The molecule has 0 N–H and O–H groups in total. The first-order valence-electron chi connectivity index (χ1n) is 11.6. The van der Waals surface area contributed by atoms with Crippen molar-refractivity contribution in [3.05, 3.63) is 52.2 Å². The second-order valence-corrected chi connectivity index (χ2v) is 19.9. The predicted octanol–water partition coefficient (Wildman–Crippen LogP) is 6.60. The molecule has 2 aromatic heterocycles. The van der Waals surface area contributed by atoms with Gasteiger partial charge in [-0.25, -0.2) is 13.4 Å². The maximum absolute atomic E-state index is 13.4. The zero-order chi connectivity index (χ0) is 24.4. The van der Waals surface area contributed by atoms with E-state index in [4.69, 9.17) is 4.74 Å². The number of hydrogen-bond donors (Lipinski definition) is 0. The molecule has 1 aliphatic heterocycles. The first-order valence-corrected chi connectivity index (χ1v) is 18.7. The molecule has 1 aliphatic rings. The van der Waals surface area contributed by atoms with Crippen molar-refractivity contribution in [1.29, 1.82) is 0 Å². The smallest absolute Gasteiger partial charge is 0.307 e. The monoisotopic (exact) mass is 533 g/mol. The van der Waals surface area contributed by atoms with Gasteiger partial charge in [0.1, 0.15) is 4.75 Å². The van der Waals surface area contributed by atoms with Crippen LogP contribution in [0.1, 0.15) is 30.6 Å². The molecule has 4 rings (SSSR count). The number of nitrogens with zero attached hydrogens (tertiary/aromatic N) is 1. The number of carbonyl (C=O) groups is 1. The Morgan fingerprint density at radius 2 is 1.82 bits per heavy atom. The molecular weight excluding hydrogens is 503 g/mol. The maximum atomic E-state index is 13.4. The van der Waals surface area contributed by atoms with Crippen molar-refractivity contribution in [1.82, 2.24) is 4.98 Å². The lowest BCUT2D eigenvalue weighted by Gasteiger charge is -2.35. The molecule has 0 spiro atoms. The molecule has 0 radical (unpaired) electrons. The van der Waals surface area contributed by atoms with Gasteiger partial charge in [0.15, 0.2) is 9.84 Å². The molecule has 0 bridgehead atoms. The number of hydrogen-bond acceptors (Lipinski definition) is 7. The SMILES string of the molecule is C[Si](C)(C)CCOC(=O)C[C@]1(c2ccc(-c3ccc(-c4cscn4)cc3)s2)CCCCS1(=O)=O. The number of esters is 1. The fourth-order valence-electron chi connectivity index (χ4n) is 4.27. The number of thiophene rings is 1. The summed E-state index contributed by atoms with van der Waals surface area (Å²) >= 11 is 3.04. The van der Waals surface area contributed by atoms with Gasteiger partial charge in [0, 0.05) is 28.8 Å². The summed E-state index contributed by atoms with van der Waals surface area (Å²) in [7, 11) is -4.82. The van der Waals surface area contributed by atoms with E-state index in [2.05, 4.69) is 24.6 Å². The highest BCUT2D eigenvalue weighted by Gasteiger charge is 2.49. The minimum absolute atomic E-state index is 0.107. The van der Waals surface area contributed by atoms with Crippen molar-refractivity contribution >= 4 is 46.6 Å². The van der Waals surface area contributed by atoms with E-state index in [1.807, 2.05) is 47.3 Å². The van der Waals surface area contributed by atoms with Crippen LogP contribution in [0.4, 0.5) is 0 Å². The van der Waals surface area contributed by atoms with Crippen molar-refractivity contribution in [3.63, 3.8) is 0 Å². The Bertz CT molecular complexity index is 1230. The zero-order valence-electron chi connectivity index (χ0n) is 19.9. The zero-order valence-corrected chi connectivity index (χ0v) is 23.3. The highest BCUT2D eigenvalue weighted by Crippen LogP contribution is 2.47. The topological polar surface area (TPSA) is 73.3 Å². The molecule has 0 unspecified atom stereocenters. The Morgan fingerprint density at radius 1 is 1.09 bits per heavy atom. The van der Waals surface area contributed by atoms with Gasteiger partial charge in [0.2, 0.25) is 0 Å². The molecule has 9 heteroatoms. The van der Waals surface area contributed by atoms with Gasteiger partial charge >= 0.3 is 5.97 Å². The molecule has 0 aliphatic carbocycles. The Balaban J connectivity index is 1.59. The van der Waals surface area contributed by atoms with Crippen molar-refractivity contribution in [2.24, 2.45) is 0 Å². The summed E-state index contributed by atoms with van der Waals surface area (Å²) in [5, 5.41) is 2.01. The summed E-state index contributed by atoms with van der Waals surface area (Å²) in [4.78, 5) is 18.9. The van der Waals surface area contributed by atoms with Crippen molar-refractivity contribution in [3.8, 4) is 21.7 Å². The third-order valence-electron chi connectivity index (χ3n) is 6.34. The van der Waals surface area contributed by atoms with E-state index in [0.717, 1.165) is 39.0 Å². The highest BCUT2D eigenvalue weighted by molar-refractivity contribution is 7.92. The molecule has 1 aromatic carbocycles. The standard InChI is InChI=1S/C25H31NO4S3Si/c1-34(2,3)15-13-30-24(27)16-25(12-4-5-14-33(25,28)29)23-11-10-22(32-23)20-8-6-19(7-9-20)21-17-31-18-26-21/h6-11,17-18H,4-5,12-16H2,1-3H3/t25-/m0/s1. The van der Waals surface area contributed by atoms with Crippen LogP contribution >= 0.6 is 22.7 Å². The minimum Gasteiger partial charge on any atom is -0.466 e. The average molecular weight is 534 g/mol. The molecule has 3 heterocycles. The van der Waals surface area contributed by atoms with E-state index in [1.54, 1.807) is 11.3 Å². The first kappa shape index (κ1) is 25.3. The summed E-state index contributed by atoms with van der Waals surface area (Å²) in [6.45, 7) is 7.05. The molecule has 0 saturated carbocycles. The van der Waals surface area contributed by atoms with Crippen LogP contribution in [-0.2, 0) is 24.1 Å².